The van der Waals surface area contributed by atoms with Crippen LogP contribution < -0.4 is 0 Å². The van der Waals surface area contributed by atoms with Gasteiger partial charge in [-0.3, -0.25) is 14.4 Å². The van der Waals surface area contributed by atoms with Gasteiger partial charge in [0.25, 0.3) is 0 Å². The van der Waals surface area contributed by atoms with E-state index in [-0.39, 0.29) is 31.1 Å². The molecule has 0 fully saturated rings. The van der Waals surface area contributed by atoms with E-state index in [1.165, 1.54) is 103 Å². The number of carbonyl (C=O) groups is 3. The lowest BCUT2D eigenvalue weighted by Crippen LogP contribution is -2.30. The largest absolute Gasteiger partial charge is 0.462 e. The third-order valence-electron chi connectivity index (χ3n) is 11.7. The van der Waals surface area contributed by atoms with Gasteiger partial charge in [0.2, 0.25) is 0 Å². The van der Waals surface area contributed by atoms with Crippen LogP contribution in [0.25, 0.3) is 0 Å². The van der Waals surface area contributed by atoms with E-state index in [2.05, 4.69) is 93.7 Å². The van der Waals surface area contributed by atoms with Crippen LogP contribution in [-0.4, -0.2) is 37.2 Å². The van der Waals surface area contributed by atoms with Crippen LogP contribution in [0, 0.1) is 0 Å². The number of esters is 3. The molecule has 6 heteroatoms. The topological polar surface area (TPSA) is 78.9 Å². The van der Waals surface area contributed by atoms with Gasteiger partial charge < -0.3 is 14.2 Å². The third kappa shape index (κ3) is 51.7. The molecule has 0 aliphatic carbocycles. The van der Waals surface area contributed by atoms with Gasteiger partial charge in [-0.2, -0.15) is 0 Å². The van der Waals surface area contributed by atoms with Crippen molar-refractivity contribution in [3.05, 3.63) is 72.9 Å². The Labute approximate surface area is 402 Å². The van der Waals surface area contributed by atoms with Gasteiger partial charge in [0.05, 0.1) is 0 Å². The molecule has 6 nitrogen and oxygen atoms in total. The van der Waals surface area contributed by atoms with E-state index in [0.29, 0.717) is 19.3 Å². The Morgan fingerprint density at radius 3 is 0.954 bits per heavy atom. The van der Waals surface area contributed by atoms with Crippen molar-refractivity contribution in [2.24, 2.45) is 0 Å². The highest BCUT2D eigenvalue weighted by molar-refractivity contribution is 5.71. The van der Waals surface area contributed by atoms with Gasteiger partial charge in [0, 0.05) is 19.3 Å². The fourth-order valence-electron chi connectivity index (χ4n) is 7.58. The zero-order chi connectivity index (χ0) is 47.2. The highest BCUT2D eigenvalue weighted by Gasteiger charge is 2.19. The van der Waals surface area contributed by atoms with Crippen LogP contribution >= 0.6 is 0 Å². The highest BCUT2D eigenvalue weighted by Crippen LogP contribution is 2.15. The minimum atomic E-state index is -0.785. The van der Waals surface area contributed by atoms with Crippen molar-refractivity contribution in [3.8, 4) is 0 Å². The lowest BCUT2D eigenvalue weighted by Gasteiger charge is -2.18. The van der Waals surface area contributed by atoms with E-state index in [4.69, 9.17) is 14.2 Å². The molecule has 0 aliphatic rings. The first-order chi connectivity index (χ1) is 32.0. The molecule has 0 rings (SSSR count). The molecule has 1 atom stereocenters. The lowest BCUT2D eigenvalue weighted by atomic mass is 10.1. The molecule has 1 unspecified atom stereocenters. The maximum Gasteiger partial charge on any atom is 0.306 e. The molecule has 0 saturated heterocycles. The van der Waals surface area contributed by atoms with Gasteiger partial charge in [0.1, 0.15) is 13.2 Å². The normalized spacial score (nSPS) is 12.6. The summed E-state index contributed by atoms with van der Waals surface area (Å²) in [6, 6.07) is 0. The maximum absolute atomic E-state index is 12.8. The second kappa shape index (κ2) is 53.5. The second-order valence-electron chi connectivity index (χ2n) is 18.1. The van der Waals surface area contributed by atoms with Gasteiger partial charge in [-0.25, -0.2) is 0 Å². The number of hydrogen-bond donors (Lipinski definition) is 0. The van der Waals surface area contributed by atoms with Crippen molar-refractivity contribution >= 4 is 17.9 Å². The molecule has 0 amide bonds. The van der Waals surface area contributed by atoms with Crippen LogP contribution in [0.2, 0.25) is 0 Å². The Morgan fingerprint density at radius 1 is 0.323 bits per heavy atom. The summed E-state index contributed by atoms with van der Waals surface area (Å²) in [6.07, 6.45) is 67.4. The Bertz CT molecular complexity index is 1230. The van der Waals surface area contributed by atoms with E-state index in [0.717, 1.165) is 122 Å². The van der Waals surface area contributed by atoms with E-state index in [1.54, 1.807) is 0 Å². The quantitative estimate of drug-likeness (QED) is 0.0262. The Kier molecular flexibility index (Phi) is 50.9. The molecule has 0 radical (unpaired) electrons. The van der Waals surface area contributed by atoms with Crippen molar-refractivity contribution in [1.29, 1.82) is 0 Å². The number of unbranched alkanes of at least 4 members (excludes halogenated alkanes) is 26. The van der Waals surface area contributed by atoms with Crippen molar-refractivity contribution in [2.75, 3.05) is 13.2 Å². The molecule has 0 aliphatic heterocycles. The summed E-state index contributed by atoms with van der Waals surface area (Å²) in [4.78, 5) is 38.0. The van der Waals surface area contributed by atoms with Crippen LogP contribution in [0.1, 0.15) is 265 Å². The number of rotatable bonds is 49. The zero-order valence-electron chi connectivity index (χ0n) is 42.7. The van der Waals surface area contributed by atoms with Crippen LogP contribution in [0.3, 0.4) is 0 Å². The summed E-state index contributed by atoms with van der Waals surface area (Å²) < 4.78 is 16.8. The molecule has 0 heterocycles. The first kappa shape index (κ1) is 61.9. The molecule has 0 N–H and O–H groups in total. The number of ether oxygens (including phenoxy) is 3. The minimum absolute atomic E-state index is 0.0832. The summed E-state index contributed by atoms with van der Waals surface area (Å²) in [5, 5.41) is 0. The van der Waals surface area contributed by atoms with E-state index < -0.39 is 6.10 Å². The highest BCUT2D eigenvalue weighted by atomic mass is 16.6. The Hall–Kier alpha value is -3.15. The monoisotopic (exact) mass is 907 g/mol. The van der Waals surface area contributed by atoms with Crippen molar-refractivity contribution in [1.82, 2.24) is 0 Å². The fraction of sp³-hybridized carbons (Fsp3) is 0.746. The molecule has 0 aromatic carbocycles. The number of hydrogen-bond acceptors (Lipinski definition) is 6. The van der Waals surface area contributed by atoms with Gasteiger partial charge in [0.15, 0.2) is 6.10 Å². The summed E-state index contributed by atoms with van der Waals surface area (Å²) in [7, 11) is 0. The number of carbonyl (C=O) groups excluding carboxylic acids is 3. The molecule has 374 valence electrons. The average Bonchev–Trinajstić information content (AvgIpc) is 3.30. The van der Waals surface area contributed by atoms with Crippen LogP contribution in [-0.2, 0) is 28.6 Å². The van der Waals surface area contributed by atoms with E-state index >= 15 is 0 Å². The summed E-state index contributed by atoms with van der Waals surface area (Å²) in [5.41, 5.74) is 0. The van der Waals surface area contributed by atoms with Crippen LogP contribution in [0.5, 0.6) is 0 Å². The second-order valence-corrected chi connectivity index (χ2v) is 18.1. The Morgan fingerprint density at radius 2 is 0.600 bits per heavy atom. The first-order valence-corrected chi connectivity index (χ1v) is 27.4. The Balaban J connectivity index is 4.38. The van der Waals surface area contributed by atoms with Gasteiger partial charge in [-0.15, -0.1) is 0 Å². The van der Waals surface area contributed by atoms with Crippen molar-refractivity contribution in [2.45, 2.75) is 271 Å². The minimum Gasteiger partial charge on any atom is -0.462 e. The predicted molar refractivity (Wildman–Crippen MR) is 279 cm³/mol. The van der Waals surface area contributed by atoms with Crippen molar-refractivity contribution in [3.63, 3.8) is 0 Å². The summed E-state index contributed by atoms with van der Waals surface area (Å²) in [5.74, 6) is -0.907. The van der Waals surface area contributed by atoms with Crippen LogP contribution in [0.15, 0.2) is 72.9 Å². The van der Waals surface area contributed by atoms with E-state index in [9.17, 15) is 14.4 Å². The molecule has 65 heavy (non-hydrogen) atoms. The molecular weight excluding hydrogens is 805 g/mol. The molecule has 0 saturated carbocycles. The SMILES string of the molecule is CC/C=C\C/C=C\C/C=C\C/C=C\C/C=C\CCCCCCCC(=O)OCC(COC(=O)CCCCCCCCCCCCC)OC(=O)CCCCCCC/C=C\CCCCCCCC. The summed E-state index contributed by atoms with van der Waals surface area (Å²) in [6.45, 7) is 6.50. The molecule has 0 aromatic rings. The zero-order valence-corrected chi connectivity index (χ0v) is 42.7. The van der Waals surface area contributed by atoms with E-state index in [1.807, 2.05) is 0 Å². The van der Waals surface area contributed by atoms with Crippen molar-refractivity contribution < 1.29 is 28.6 Å². The summed E-state index contributed by atoms with van der Waals surface area (Å²) >= 11 is 0. The lowest BCUT2D eigenvalue weighted by molar-refractivity contribution is -0.167. The predicted octanol–water partition coefficient (Wildman–Crippen LogP) is 18.2. The van der Waals surface area contributed by atoms with Gasteiger partial charge in [-0.05, 0) is 89.9 Å². The average molecular weight is 907 g/mol. The number of allylic oxidation sites excluding steroid dienone is 12. The smallest absolute Gasteiger partial charge is 0.306 e. The third-order valence-corrected chi connectivity index (χ3v) is 11.7. The molecule has 0 aromatic heterocycles. The maximum atomic E-state index is 12.8. The fourth-order valence-corrected chi connectivity index (χ4v) is 7.58. The van der Waals surface area contributed by atoms with Gasteiger partial charge in [-0.1, -0.05) is 229 Å². The standard InChI is InChI=1S/C59H102O6/c1-4-7-10-13-16-19-22-24-26-27-28-29-30-31-33-34-37-40-43-46-49-52-58(61)64-55-56(54-63-57(60)51-48-45-42-39-36-21-18-15-12-9-6-3)65-59(62)53-50-47-44-41-38-35-32-25-23-20-17-14-11-8-5-2/h7,10,16,19,24-26,28-29,31-33,56H,4-6,8-9,11-15,17-18,20-23,27,30,34-55H2,1-3H3/b10-7-,19-16-,26-24-,29-28-,32-25-,33-31-. The molecular formula is C59H102O6. The van der Waals surface area contributed by atoms with Gasteiger partial charge >= 0.3 is 17.9 Å². The first-order valence-electron chi connectivity index (χ1n) is 27.4. The molecule has 0 bridgehead atoms. The molecule has 0 spiro atoms. The van der Waals surface area contributed by atoms with Crippen LogP contribution in [0.4, 0.5) is 0 Å².